The van der Waals surface area contributed by atoms with Gasteiger partial charge < -0.3 is 4.74 Å². The van der Waals surface area contributed by atoms with Crippen molar-refractivity contribution in [2.45, 2.75) is 62.2 Å². The third-order valence-corrected chi connectivity index (χ3v) is 8.60. The van der Waals surface area contributed by atoms with Gasteiger partial charge in [-0.25, -0.2) is 0 Å². The fraction of sp³-hybridized carbons (Fsp3) is 0.250. The van der Waals surface area contributed by atoms with Crippen molar-refractivity contribution >= 4 is 43.3 Å². The molecule has 1 aromatic heterocycles. The van der Waals surface area contributed by atoms with Crippen molar-refractivity contribution in [2.75, 3.05) is 0 Å². The molecule has 1 aliphatic rings. The lowest BCUT2D eigenvalue weighted by atomic mass is 9.86. The van der Waals surface area contributed by atoms with E-state index in [4.69, 9.17) is 4.74 Å². The monoisotopic (exact) mass is 496 g/mol. The van der Waals surface area contributed by atoms with E-state index >= 15 is 0 Å². The van der Waals surface area contributed by atoms with Crippen molar-refractivity contribution in [3.63, 3.8) is 0 Å². The molecular formula is C32H32OS2. The van der Waals surface area contributed by atoms with Gasteiger partial charge in [-0.3, -0.25) is 0 Å². The largest absolute Gasteiger partial charge is 0.455 e. The maximum atomic E-state index is 6.11. The van der Waals surface area contributed by atoms with Crippen molar-refractivity contribution in [3.8, 4) is 11.5 Å². The molecule has 5 aromatic rings. The molecule has 0 aliphatic carbocycles. The maximum absolute atomic E-state index is 6.11. The van der Waals surface area contributed by atoms with Gasteiger partial charge in [0.1, 0.15) is 11.5 Å². The predicted octanol–water partition coefficient (Wildman–Crippen LogP) is 10.6. The highest BCUT2D eigenvalue weighted by Crippen LogP contribution is 2.50. The topological polar surface area (TPSA) is 9.23 Å². The van der Waals surface area contributed by atoms with Crippen molar-refractivity contribution in [3.05, 3.63) is 96.1 Å². The van der Waals surface area contributed by atoms with Crippen LogP contribution < -0.4 is 4.74 Å². The van der Waals surface area contributed by atoms with Crippen molar-refractivity contribution in [1.29, 1.82) is 0 Å². The van der Waals surface area contributed by atoms with E-state index < -0.39 is 0 Å². The van der Waals surface area contributed by atoms with Crippen LogP contribution >= 0.6 is 23.1 Å². The first kappa shape index (κ1) is 24.0. The number of rotatable bonds is 0. The average molecular weight is 497 g/mol. The zero-order chi connectivity index (χ0) is 24.8. The summed E-state index contributed by atoms with van der Waals surface area (Å²) in [6.45, 7) is 13.5. The summed E-state index contributed by atoms with van der Waals surface area (Å²) < 4.78 is 8.95. The SMILES string of the molecule is CC(C)(C)c1cccc2c1Oc1ccccc1S2.CC(C)(C)c1cccc2c1sc1ccccc12. The molecule has 0 bridgehead atoms. The molecule has 35 heavy (non-hydrogen) atoms. The number of para-hydroxylation sites is 2. The number of benzene rings is 4. The first-order chi connectivity index (χ1) is 16.6. The van der Waals surface area contributed by atoms with E-state index in [2.05, 4.69) is 108 Å². The third kappa shape index (κ3) is 4.72. The molecule has 0 saturated heterocycles. The van der Waals surface area contributed by atoms with E-state index in [0.717, 1.165) is 11.5 Å². The Bertz CT molecular complexity index is 1510. The number of hydrogen-bond donors (Lipinski definition) is 0. The normalized spacial score (nSPS) is 13.0. The first-order valence-electron chi connectivity index (χ1n) is 12.1. The molecule has 6 rings (SSSR count). The lowest BCUT2D eigenvalue weighted by Crippen LogP contribution is -2.13. The van der Waals surface area contributed by atoms with E-state index in [1.165, 1.54) is 41.1 Å². The smallest absolute Gasteiger partial charge is 0.145 e. The highest BCUT2D eigenvalue weighted by atomic mass is 32.2. The van der Waals surface area contributed by atoms with E-state index in [-0.39, 0.29) is 10.8 Å². The van der Waals surface area contributed by atoms with Crippen LogP contribution in [0.4, 0.5) is 0 Å². The fourth-order valence-corrected chi connectivity index (χ4v) is 6.89. The molecule has 0 amide bonds. The summed E-state index contributed by atoms with van der Waals surface area (Å²) in [5.41, 5.74) is 3.02. The fourth-order valence-electron chi connectivity index (χ4n) is 4.48. The van der Waals surface area contributed by atoms with Crippen LogP contribution in [0.3, 0.4) is 0 Å². The summed E-state index contributed by atoms with van der Waals surface area (Å²) in [5.74, 6) is 1.99. The van der Waals surface area contributed by atoms with Gasteiger partial charge in [0.05, 0.1) is 9.79 Å². The van der Waals surface area contributed by atoms with Crippen LogP contribution in [0.5, 0.6) is 11.5 Å². The molecular weight excluding hydrogens is 464 g/mol. The quantitative estimate of drug-likeness (QED) is 0.207. The number of ether oxygens (including phenoxy) is 1. The van der Waals surface area contributed by atoms with Crippen LogP contribution in [0.15, 0.2) is 94.7 Å². The number of thiophene rings is 1. The second-order valence-electron chi connectivity index (χ2n) is 11.1. The van der Waals surface area contributed by atoms with Crippen LogP contribution in [0.2, 0.25) is 0 Å². The van der Waals surface area contributed by atoms with Gasteiger partial charge in [-0.05, 0) is 40.7 Å². The van der Waals surface area contributed by atoms with Gasteiger partial charge in [0.25, 0.3) is 0 Å². The van der Waals surface area contributed by atoms with E-state index in [9.17, 15) is 0 Å². The Labute approximate surface area is 217 Å². The summed E-state index contributed by atoms with van der Waals surface area (Å²) in [6, 6.07) is 30.0. The van der Waals surface area contributed by atoms with Gasteiger partial charge in [0.15, 0.2) is 0 Å². The Morgan fingerprint density at radius 2 is 1.17 bits per heavy atom. The Morgan fingerprint density at radius 1 is 0.571 bits per heavy atom. The van der Waals surface area contributed by atoms with E-state index in [1.54, 1.807) is 11.8 Å². The molecule has 3 heteroatoms. The second-order valence-corrected chi connectivity index (χ2v) is 13.2. The summed E-state index contributed by atoms with van der Waals surface area (Å²) in [4.78, 5) is 2.40. The van der Waals surface area contributed by atoms with Crippen LogP contribution in [-0.4, -0.2) is 0 Å². The summed E-state index contributed by atoms with van der Waals surface area (Å²) in [6.07, 6.45) is 0. The minimum absolute atomic E-state index is 0.0954. The van der Waals surface area contributed by atoms with Crippen LogP contribution in [-0.2, 0) is 10.8 Å². The van der Waals surface area contributed by atoms with Crippen LogP contribution in [0, 0.1) is 0 Å². The molecule has 0 spiro atoms. The Kier molecular flexibility index (Phi) is 6.19. The summed E-state index contributed by atoms with van der Waals surface area (Å²) >= 11 is 3.70. The lowest BCUT2D eigenvalue weighted by molar-refractivity contribution is 0.431. The van der Waals surface area contributed by atoms with Gasteiger partial charge in [-0.15, -0.1) is 11.3 Å². The summed E-state index contributed by atoms with van der Waals surface area (Å²) in [5, 5.41) is 2.79. The number of hydrogen-bond acceptors (Lipinski definition) is 3. The Hall–Kier alpha value is -2.75. The molecule has 178 valence electrons. The summed E-state index contributed by atoms with van der Waals surface area (Å²) in [7, 11) is 0. The molecule has 0 atom stereocenters. The molecule has 2 heterocycles. The Morgan fingerprint density at radius 3 is 1.94 bits per heavy atom. The minimum Gasteiger partial charge on any atom is -0.455 e. The highest BCUT2D eigenvalue weighted by molar-refractivity contribution is 7.99. The van der Waals surface area contributed by atoms with Gasteiger partial charge >= 0.3 is 0 Å². The molecule has 0 N–H and O–H groups in total. The highest BCUT2D eigenvalue weighted by Gasteiger charge is 2.26. The molecule has 1 aliphatic heterocycles. The van der Waals surface area contributed by atoms with E-state index in [0.29, 0.717) is 0 Å². The van der Waals surface area contributed by atoms with Crippen molar-refractivity contribution in [1.82, 2.24) is 0 Å². The zero-order valence-corrected chi connectivity index (χ0v) is 22.9. The van der Waals surface area contributed by atoms with Crippen LogP contribution in [0.1, 0.15) is 52.7 Å². The van der Waals surface area contributed by atoms with Gasteiger partial charge in [0, 0.05) is 25.7 Å². The van der Waals surface area contributed by atoms with E-state index in [1.807, 2.05) is 29.5 Å². The van der Waals surface area contributed by atoms with Crippen molar-refractivity contribution in [2.24, 2.45) is 0 Å². The molecule has 0 fully saturated rings. The van der Waals surface area contributed by atoms with Gasteiger partial charge in [-0.2, -0.15) is 0 Å². The minimum atomic E-state index is 0.0954. The Balaban J connectivity index is 0.000000145. The molecule has 0 radical (unpaired) electrons. The maximum Gasteiger partial charge on any atom is 0.145 e. The standard InChI is InChI=1S/C16H16OS.C16H16S/c1-16(2,3)11-7-6-10-14-15(11)17-12-8-4-5-9-13(12)18-14;1-16(2,3)13-9-6-8-12-11-7-4-5-10-14(11)17-15(12)13/h4-10H,1-3H3;4-10H,1-3H3. The molecule has 1 nitrogen and oxygen atoms in total. The molecule has 0 unspecified atom stereocenters. The molecule has 0 saturated carbocycles. The zero-order valence-electron chi connectivity index (χ0n) is 21.3. The molecule has 4 aromatic carbocycles. The predicted molar refractivity (Wildman–Crippen MR) is 154 cm³/mol. The lowest BCUT2D eigenvalue weighted by Gasteiger charge is -2.27. The second kappa shape index (κ2) is 9.04. The van der Waals surface area contributed by atoms with Gasteiger partial charge in [-0.1, -0.05) is 114 Å². The average Bonchev–Trinajstić information content (AvgIpc) is 3.20. The van der Waals surface area contributed by atoms with Crippen molar-refractivity contribution < 1.29 is 4.74 Å². The first-order valence-corrected chi connectivity index (χ1v) is 13.8. The third-order valence-electron chi connectivity index (χ3n) is 6.28. The number of fused-ring (bicyclic) bond motifs is 5. The van der Waals surface area contributed by atoms with Gasteiger partial charge in [0.2, 0.25) is 0 Å². The van der Waals surface area contributed by atoms with Crippen LogP contribution in [0.25, 0.3) is 20.2 Å².